The molecule has 0 heterocycles. The minimum absolute atomic E-state index is 0.00126. The molecule has 18 heavy (non-hydrogen) atoms. The average molecular weight is 283 g/mol. The molecule has 0 aliphatic rings. The van der Waals surface area contributed by atoms with E-state index in [1.54, 1.807) is 24.3 Å². The third-order valence-electron chi connectivity index (χ3n) is 2.56. The van der Waals surface area contributed by atoms with Crippen molar-refractivity contribution in [3.63, 3.8) is 0 Å². The number of hydrogen-bond acceptors (Lipinski definition) is 3. The Balaban J connectivity index is 2.43. The van der Waals surface area contributed by atoms with Gasteiger partial charge in [0, 0.05) is 6.26 Å². The highest BCUT2D eigenvalue weighted by molar-refractivity contribution is 7.90. The van der Waals surface area contributed by atoms with Gasteiger partial charge in [-0.3, -0.25) is 0 Å². The molecule has 3 nitrogen and oxygen atoms in total. The maximum Gasteiger partial charge on any atom is 0.175 e. The first-order valence-electron chi connectivity index (χ1n) is 5.17. The van der Waals surface area contributed by atoms with Crippen LogP contribution in [0.1, 0.15) is 0 Å². The molecule has 0 atom stereocenters. The summed E-state index contributed by atoms with van der Waals surface area (Å²) >= 11 is 5.72. The highest BCUT2D eigenvalue weighted by Crippen LogP contribution is 2.29. The standard InChI is InChI=1S/C13H11ClO3S/c1-18(16,17)11-5-2-9(3-6-11)10-4-7-12(14)13(15)8-10/h2-8,15H,1H3. The number of hydrogen-bond donors (Lipinski definition) is 1. The van der Waals surface area contributed by atoms with Gasteiger partial charge in [0.25, 0.3) is 0 Å². The molecule has 0 fully saturated rings. The normalized spacial score (nSPS) is 11.4. The molecule has 94 valence electrons. The van der Waals surface area contributed by atoms with Crippen LogP contribution in [0.5, 0.6) is 5.75 Å². The minimum atomic E-state index is -3.19. The van der Waals surface area contributed by atoms with Gasteiger partial charge in [-0.25, -0.2) is 8.42 Å². The molecule has 0 unspecified atom stereocenters. The van der Waals surface area contributed by atoms with E-state index in [9.17, 15) is 13.5 Å². The summed E-state index contributed by atoms with van der Waals surface area (Å²) in [4.78, 5) is 0.268. The summed E-state index contributed by atoms with van der Waals surface area (Å²) in [5.41, 5.74) is 1.59. The SMILES string of the molecule is CS(=O)(=O)c1ccc(-c2ccc(Cl)c(O)c2)cc1. The number of benzene rings is 2. The lowest BCUT2D eigenvalue weighted by Crippen LogP contribution is -1.96. The van der Waals surface area contributed by atoms with Gasteiger partial charge in [0.2, 0.25) is 0 Å². The number of rotatable bonds is 2. The van der Waals surface area contributed by atoms with Crippen LogP contribution in [0.3, 0.4) is 0 Å². The fourth-order valence-corrected chi connectivity index (χ4v) is 2.33. The predicted molar refractivity (Wildman–Crippen MR) is 71.7 cm³/mol. The smallest absolute Gasteiger partial charge is 0.175 e. The monoisotopic (exact) mass is 282 g/mol. The summed E-state index contributed by atoms with van der Waals surface area (Å²) in [6, 6.07) is 11.4. The van der Waals surface area contributed by atoms with Gasteiger partial charge in [-0.15, -0.1) is 0 Å². The molecule has 2 aromatic carbocycles. The van der Waals surface area contributed by atoms with Gasteiger partial charge in [0.05, 0.1) is 9.92 Å². The van der Waals surface area contributed by atoms with Crippen molar-refractivity contribution in [2.45, 2.75) is 4.90 Å². The summed E-state index contributed by atoms with van der Waals surface area (Å²) in [5, 5.41) is 9.80. The maximum atomic E-state index is 11.3. The third-order valence-corrected chi connectivity index (χ3v) is 4.01. The lowest BCUT2D eigenvalue weighted by Gasteiger charge is -2.05. The Kier molecular flexibility index (Phi) is 3.32. The van der Waals surface area contributed by atoms with Crippen LogP contribution in [-0.4, -0.2) is 19.8 Å². The number of aromatic hydroxyl groups is 1. The average Bonchev–Trinajstić information content (AvgIpc) is 2.32. The Morgan fingerprint density at radius 2 is 1.56 bits per heavy atom. The van der Waals surface area contributed by atoms with Crippen molar-refractivity contribution in [3.05, 3.63) is 47.5 Å². The largest absolute Gasteiger partial charge is 0.506 e. The van der Waals surface area contributed by atoms with Crippen molar-refractivity contribution >= 4 is 21.4 Å². The van der Waals surface area contributed by atoms with Crippen LogP contribution in [0.25, 0.3) is 11.1 Å². The highest BCUT2D eigenvalue weighted by atomic mass is 35.5. The molecule has 0 radical (unpaired) electrons. The molecule has 2 aromatic rings. The van der Waals surface area contributed by atoms with Gasteiger partial charge < -0.3 is 5.11 Å². The van der Waals surface area contributed by atoms with Crippen LogP contribution in [0.15, 0.2) is 47.4 Å². The van der Waals surface area contributed by atoms with Crippen LogP contribution in [0.2, 0.25) is 5.02 Å². The zero-order valence-corrected chi connectivity index (χ0v) is 11.2. The summed E-state index contributed by atoms with van der Waals surface area (Å²) < 4.78 is 22.6. The molecular formula is C13H11ClO3S. The fourth-order valence-electron chi connectivity index (χ4n) is 1.59. The first kappa shape index (κ1) is 12.9. The van der Waals surface area contributed by atoms with Crippen molar-refractivity contribution in [1.82, 2.24) is 0 Å². The third kappa shape index (κ3) is 2.66. The lowest BCUT2D eigenvalue weighted by molar-refractivity contribution is 0.476. The van der Waals surface area contributed by atoms with E-state index in [1.807, 2.05) is 0 Å². The van der Waals surface area contributed by atoms with E-state index in [0.717, 1.165) is 17.4 Å². The first-order chi connectivity index (χ1) is 8.38. The van der Waals surface area contributed by atoms with Gasteiger partial charge in [0.15, 0.2) is 9.84 Å². The van der Waals surface area contributed by atoms with Crippen molar-refractivity contribution in [2.75, 3.05) is 6.26 Å². The molecule has 0 saturated heterocycles. The molecule has 0 aromatic heterocycles. The molecule has 5 heteroatoms. The van der Waals surface area contributed by atoms with Gasteiger partial charge in [0.1, 0.15) is 5.75 Å². The van der Waals surface area contributed by atoms with Gasteiger partial charge in [-0.2, -0.15) is 0 Å². The van der Waals surface area contributed by atoms with Crippen molar-refractivity contribution in [2.24, 2.45) is 0 Å². The van der Waals surface area contributed by atoms with E-state index < -0.39 is 9.84 Å². The molecule has 0 bridgehead atoms. The quantitative estimate of drug-likeness (QED) is 0.921. The molecule has 1 N–H and O–H groups in total. The summed E-state index contributed by atoms with van der Waals surface area (Å²) in [5.74, 6) is 0.00126. The minimum Gasteiger partial charge on any atom is -0.506 e. The molecule has 0 amide bonds. The zero-order chi connectivity index (χ0) is 13.3. The Morgan fingerprint density at radius 1 is 1.00 bits per heavy atom. The molecule has 2 rings (SSSR count). The molecule has 0 spiro atoms. The first-order valence-corrected chi connectivity index (χ1v) is 7.44. The number of phenols is 1. The van der Waals surface area contributed by atoms with Crippen molar-refractivity contribution in [1.29, 1.82) is 0 Å². The number of sulfone groups is 1. The van der Waals surface area contributed by atoms with Crippen molar-refractivity contribution < 1.29 is 13.5 Å². The van der Waals surface area contributed by atoms with E-state index >= 15 is 0 Å². The molecule has 0 saturated carbocycles. The second-order valence-electron chi connectivity index (χ2n) is 3.96. The van der Waals surface area contributed by atoms with E-state index in [0.29, 0.717) is 0 Å². The summed E-state index contributed by atoms with van der Waals surface area (Å²) in [6.45, 7) is 0. The zero-order valence-electron chi connectivity index (χ0n) is 9.59. The second-order valence-corrected chi connectivity index (χ2v) is 6.39. The predicted octanol–water partition coefficient (Wildman–Crippen LogP) is 3.12. The van der Waals surface area contributed by atoms with E-state index in [1.165, 1.54) is 18.2 Å². The van der Waals surface area contributed by atoms with Gasteiger partial charge >= 0.3 is 0 Å². The second kappa shape index (κ2) is 4.63. The highest BCUT2D eigenvalue weighted by Gasteiger charge is 2.07. The topological polar surface area (TPSA) is 54.4 Å². The number of halogens is 1. The molecule has 0 aliphatic carbocycles. The van der Waals surface area contributed by atoms with E-state index in [2.05, 4.69) is 0 Å². The Hall–Kier alpha value is -1.52. The number of phenolic OH excluding ortho intramolecular Hbond substituents is 1. The summed E-state index contributed by atoms with van der Waals surface area (Å²) in [6.07, 6.45) is 1.16. The van der Waals surface area contributed by atoms with Gasteiger partial charge in [-0.1, -0.05) is 29.8 Å². The maximum absolute atomic E-state index is 11.3. The van der Waals surface area contributed by atoms with E-state index in [-0.39, 0.29) is 15.7 Å². The lowest BCUT2D eigenvalue weighted by atomic mass is 10.1. The van der Waals surface area contributed by atoms with Crippen molar-refractivity contribution in [3.8, 4) is 16.9 Å². The van der Waals surface area contributed by atoms with Crippen LogP contribution >= 0.6 is 11.6 Å². The van der Waals surface area contributed by atoms with Crippen LogP contribution in [0.4, 0.5) is 0 Å². The van der Waals surface area contributed by atoms with E-state index in [4.69, 9.17) is 11.6 Å². The Labute approximate surface area is 111 Å². The molecular weight excluding hydrogens is 272 g/mol. The molecule has 0 aliphatic heterocycles. The van der Waals surface area contributed by atoms with Gasteiger partial charge in [-0.05, 0) is 35.4 Å². The van der Waals surface area contributed by atoms with Crippen LogP contribution in [0, 0.1) is 0 Å². The van der Waals surface area contributed by atoms with Crippen LogP contribution < -0.4 is 0 Å². The fraction of sp³-hybridized carbons (Fsp3) is 0.0769. The summed E-state index contributed by atoms with van der Waals surface area (Å²) in [7, 11) is -3.19. The Morgan fingerprint density at radius 3 is 2.06 bits per heavy atom. The van der Waals surface area contributed by atoms with Crippen LogP contribution in [-0.2, 0) is 9.84 Å². The Bertz CT molecular complexity index is 676.